The Labute approximate surface area is 91.3 Å². The van der Waals surface area contributed by atoms with Crippen molar-refractivity contribution in [1.82, 2.24) is 0 Å². The fourth-order valence-corrected chi connectivity index (χ4v) is 1.18. The molecule has 0 atom stereocenters. The molecular formula is C13H18O2. The minimum atomic E-state index is -0.264. The van der Waals surface area contributed by atoms with Gasteiger partial charge in [0.05, 0.1) is 5.60 Å². The highest BCUT2D eigenvalue weighted by Gasteiger charge is 2.13. The van der Waals surface area contributed by atoms with E-state index in [9.17, 15) is 4.79 Å². The zero-order valence-corrected chi connectivity index (χ0v) is 9.83. The molecule has 0 amide bonds. The van der Waals surface area contributed by atoms with Crippen molar-refractivity contribution >= 4 is 5.78 Å². The number of hydrogen-bond donors (Lipinski definition) is 0. The van der Waals surface area contributed by atoms with Gasteiger partial charge in [0.2, 0.25) is 0 Å². The first-order valence-electron chi connectivity index (χ1n) is 5.12. The Kier molecular flexibility index (Phi) is 3.64. The largest absolute Gasteiger partial charge is 0.368 e. The van der Waals surface area contributed by atoms with Crippen molar-refractivity contribution in [3.05, 3.63) is 35.4 Å². The predicted molar refractivity (Wildman–Crippen MR) is 61.2 cm³/mol. The van der Waals surface area contributed by atoms with Crippen molar-refractivity contribution in [3.63, 3.8) is 0 Å². The molecule has 1 aromatic rings. The van der Waals surface area contributed by atoms with Crippen LogP contribution < -0.4 is 0 Å². The Morgan fingerprint density at radius 2 is 2.00 bits per heavy atom. The average molecular weight is 206 g/mol. The molecule has 1 aromatic carbocycles. The molecule has 0 spiro atoms. The van der Waals surface area contributed by atoms with Crippen LogP contribution in [0.15, 0.2) is 24.3 Å². The highest BCUT2D eigenvalue weighted by atomic mass is 16.5. The summed E-state index contributed by atoms with van der Waals surface area (Å²) in [6.07, 6.45) is 0. The summed E-state index contributed by atoms with van der Waals surface area (Å²) in [7, 11) is 0. The van der Waals surface area contributed by atoms with E-state index in [0.717, 1.165) is 11.1 Å². The van der Waals surface area contributed by atoms with E-state index >= 15 is 0 Å². The van der Waals surface area contributed by atoms with E-state index in [0.29, 0.717) is 0 Å². The lowest BCUT2D eigenvalue weighted by molar-refractivity contribution is 0.00306. The summed E-state index contributed by atoms with van der Waals surface area (Å²) in [5, 5.41) is 0. The molecule has 2 heteroatoms. The quantitative estimate of drug-likeness (QED) is 0.711. The van der Waals surface area contributed by atoms with Gasteiger partial charge >= 0.3 is 0 Å². The summed E-state index contributed by atoms with van der Waals surface area (Å²) < 4.78 is 5.44. The van der Waals surface area contributed by atoms with Gasteiger partial charge in [-0.3, -0.25) is 4.79 Å². The van der Waals surface area contributed by atoms with Crippen LogP contribution >= 0.6 is 0 Å². The molecule has 0 aliphatic heterocycles. The van der Waals surface area contributed by atoms with Crippen molar-refractivity contribution in [2.45, 2.75) is 33.3 Å². The summed E-state index contributed by atoms with van der Waals surface area (Å²) in [4.78, 5) is 11.7. The van der Waals surface area contributed by atoms with Crippen LogP contribution in [0.4, 0.5) is 0 Å². The van der Waals surface area contributed by atoms with Crippen LogP contribution in [0.1, 0.15) is 36.7 Å². The maximum absolute atomic E-state index is 11.7. The average Bonchev–Trinajstić information content (AvgIpc) is 2.13. The van der Waals surface area contributed by atoms with Crippen molar-refractivity contribution in [1.29, 1.82) is 0 Å². The summed E-state index contributed by atoms with van der Waals surface area (Å²) in [6, 6.07) is 7.57. The van der Waals surface area contributed by atoms with Crippen LogP contribution in [0.25, 0.3) is 0 Å². The van der Waals surface area contributed by atoms with Crippen molar-refractivity contribution in [3.8, 4) is 0 Å². The van der Waals surface area contributed by atoms with Gasteiger partial charge in [-0.1, -0.05) is 23.8 Å². The van der Waals surface area contributed by atoms with Gasteiger partial charge in [0.1, 0.15) is 6.61 Å². The van der Waals surface area contributed by atoms with Gasteiger partial charge in [0, 0.05) is 5.56 Å². The number of ether oxygens (including phenoxy) is 1. The van der Waals surface area contributed by atoms with Crippen molar-refractivity contribution in [2.75, 3.05) is 6.61 Å². The first-order valence-corrected chi connectivity index (χ1v) is 5.12. The van der Waals surface area contributed by atoms with Crippen molar-refractivity contribution in [2.24, 2.45) is 0 Å². The monoisotopic (exact) mass is 206 g/mol. The van der Waals surface area contributed by atoms with Gasteiger partial charge in [-0.25, -0.2) is 0 Å². The topological polar surface area (TPSA) is 26.3 Å². The molecule has 0 aromatic heterocycles. The summed E-state index contributed by atoms with van der Waals surface area (Å²) in [5.74, 6) is 0.0358. The lowest BCUT2D eigenvalue weighted by Gasteiger charge is -2.18. The standard InChI is InChI=1S/C13H18O2/c1-10-6-5-7-11(8-10)12(14)9-15-13(2,3)4/h5-8H,9H2,1-4H3. The minimum absolute atomic E-state index is 0.0358. The Hall–Kier alpha value is -1.15. The molecule has 0 N–H and O–H groups in total. The number of ketones is 1. The fraction of sp³-hybridized carbons (Fsp3) is 0.462. The fourth-order valence-electron chi connectivity index (χ4n) is 1.18. The molecule has 0 aliphatic rings. The molecule has 0 heterocycles. The zero-order chi connectivity index (χ0) is 11.5. The van der Waals surface area contributed by atoms with Gasteiger partial charge in [0.25, 0.3) is 0 Å². The van der Waals surface area contributed by atoms with E-state index in [1.54, 1.807) is 0 Å². The van der Waals surface area contributed by atoms with Crippen LogP contribution in [-0.4, -0.2) is 18.0 Å². The third-order valence-corrected chi connectivity index (χ3v) is 1.98. The Morgan fingerprint density at radius 1 is 1.33 bits per heavy atom. The van der Waals surface area contributed by atoms with Gasteiger partial charge in [-0.2, -0.15) is 0 Å². The second kappa shape index (κ2) is 4.58. The normalized spacial score (nSPS) is 11.5. The number of Topliss-reactive ketones (excluding diaryl/α,β-unsaturated/α-hetero) is 1. The number of carbonyl (C=O) groups is 1. The molecule has 0 saturated carbocycles. The molecule has 0 fully saturated rings. The molecule has 82 valence electrons. The van der Waals surface area contributed by atoms with E-state index in [1.165, 1.54) is 0 Å². The molecule has 0 saturated heterocycles. The highest BCUT2D eigenvalue weighted by molar-refractivity contribution is 5.97. The third kappa shape index (κ3) is 4.26. The van der Waals surface area contributed by atoms with E-state index in [4.69, 9.17) is 4.74 Å². The maximum Gasteiger partial charge on any atom is 0.188 e. The van der Waals surface area contributed by atoms with Crippen LogP contribution in [0, 0.1) is 6.92 Å². The Morgan fingerprint density at radius 3 is 2.53 bits per heavy atom. The second-order valence-electron chi connectivity index (χ2n) is 4.69. The summed E-state index contributed by atoms with van der Waals surface area (Å²) in [6.45, 7) is 7.94. The molecular weight excluding hydrogens is 188 g/mol. The van der Waals surface area contributed by atoms with Gasteiger partial charge < -0.3 is 4.74 Å². The third-order valence-electron chi connectivity index (χ3n) is 1.98. The van der Waals surface area contributed by atoms with E-state index in [2.05, 4.69) is 0 Å². The number of hydrogen-bond acceptors (Lipinski definition) is 2. The zero-order valence-electron chi connectivity index (χ0n) is 9.83. The lowest BCUT2D eigenvalue weighted by atomic mass is 10.1. The molecule has 0 bridgehead atoms. The number of benzene rings is 1. The van der Waals surface area contributed by atoms with Gasteiger partial charge in [0.15, 0.2) is 5.78 Å². The SMILES string of the molecule is Cc1cccc(C(=O)COC(C)(C)C)c1. The molecule has 1 rings (SSSR count). The number of rotatable bonds is 3. The Balaban J connectivity index is 2.62. The molecule has 0 radical (unpaired) electrons. The van der Waals surface area contributed by atoms with Gasteiger partial charge in [-0.05, 0) is 33.8 Å². The van der Waals surface area contributed by atoms with Crippen LogP contribution in [0.3, 0.4) is 0 Å². The molecule has 2 nitrogen and oxygen atoms in total. The van der Waals surface area contributed by atoms with Crippen LogP contribution in [-0.2, 0) is 4.74 Å². The lowest BCUT2D eigenvalue weighted by Crippen LogP contribution is -2.23. The first kappa shape index (κ1) is 11.9. The molecule has 15 heavy (non-hydrogen) atoms. The Bertz CT molecular complexity index is 348. The summed E-state index contributed by atoms with van der Waals surface area (Å²) >= 11 is 0. The van der Waals surface area contributed by atoms with E-state index in [-0.39, 0.29) is 18.0 Å². The predicted octanol–water partition coefficient (Wildman–Crippen LogP) is 2.99. The smallest absolute Gasteiger partial charge is 0.188 e. The maximum atomic E-state index is 11.7. The van der Waals surface area contributed by atoms with Gasteiger partial charge in [-0.15, -0.1) is 0 Å². The van der Waals surface area contributed by atoms with Crippen LogP contribution in [0.2, 0.25) is 0 Å². The summed E-state index contributed by atoms with van der Waals surface area (Å²) in [5.41, 5.74) is 1.55. The van der Waals surface area contributed by atoms with Crippen LogP contribution in [0.5, 0.6) is 0 Å². The van der Waals surface area contributed by atoms with Crippen molar-refractivity contribution < 1.29 is 9.53 Å². The minimum Gasteiger partial charge on any atom is -0.368 e. The molecule has 0 aliphatic carbocycles. The first-order chi connectivity index (χ1) is 6.88. The number of carbonyl (C=O) groups excluding carboxylic acids is 1. The van der Waals surface area contributed by atoms with E-state index < -0.39 is 0 Å². The number of aryl methyl sites for hydroxylation is 1. The van der Waals surface area contributed by atoms with E-state index in [1.807, 2.05) is 52.0 Å². The molecule has 0 unspecified atom stereocenters. The second-order valence-corrected chi connectivity index (χ2v) is 4.69. The highest BCUT2D eigenvalue weighted by Crippen LogP contribution is 2.09.